The summed E-state index contributed by atoms with van der Waals surface area (Å²) in [6, 6.07) is 7.36. The SMILES string of the molecule is CCC[C@H]1CN(S(=O)(=O)CCc2ccc(Cl)s2)CC(=O)N1Cc1cc2cnccc2[nH]1. The molecule has 1 amide bonds. The van der Waals surface area contributed by atoms with Gasteiger partial charge in [0, 0.05) is 46.5 Å². The monoisotopic (exact) mass is 480 g/mol. The van der Waals surface area contributed by atoms with Crippen LogP contribution in [0.4, 0.5) is 0 Å². The fourth-order valence-electron chi connectivity index (χ4n) is 4.00. The van der Waals surface area contributed by atoms with Crippen molar-refractivity contribution in [3.63, 3.8) is 0 Å². The zero-order valence-corrected chi connectivity index (χ0v) is 19.6. The molecule has 1 saturated heterocycles. The third-order valence-electron chi connectivity index (χ3n) is 5.56. The van der Waals surface area contributed by atoms with E-state index in [1.165, 1.54) is 15.6 Å². The van der Waals surface area contributed by atoms with Gasteiger partial charge in [-0.3, -0.25) is 9.78 Å². The third kappa shape index (κ3) is 5.11. The Bertz CT molecular complexity index is 1140. The maximum atomic E-state index is 13.0. The molecule has 1 atom stereocenters. The van der Waals surface area contributed by atoms with Crippen LogP contribution in [0.1, 0.15) is 30.3 Å². The first-order chi connectivity index (χ1) is 14.9. The molecule has 166 valence electrons. The Morgan fingerprint density at radius 2 is 2.16 bits per heavy atom. The number of piperazine rings is 1. The molecule has 4 rings (SSSR count). The second-order valence-corrected chi connectivity index (χ2v) is 11.7. The molecule has 7 nitrogen and oxygen atoms in total. The lowest BCUT2D eigenvalue weighted by molar-refractivity contribution is -0.138. The van der Waals surface area contributed by atoms with Crippen molar-refractivity contribution in [3.05, 3.63) is 51.6 Å². The normalized spacial score (nSPS) is 18.2. The average molecular weight is 481 g/mol. The van der Waals surface area contributed by atoms with Crippen LogP contribution in [0, 0.1) is 0 Å². The number of nitrogens with one attached hydrogen (secondary N) is 1. The molecule has 0 aromatic carbocycles. The highest BCUT2D eigenvalue weighted by atomic mass is 35.5. The van der Waals surface area contributed by atoms with E-state index in [1.807, 2.05) is 30.0 Å². The fourth-order valence-corrected chi connectivity index (χ4v) is 6.66. The molecule has 0 bridgehead atoms. The molecule has 0 aliphatic carbocycles. The van der Waals surface area contributed by atoms with Gasteiger partial charge < -0.3 is 9.88 Å². The zero-order valence-electron chi connectivity index (χ0n) is 17.3. The van der Waals surface area contributed by atoms with Gasteiger partial charge in [-0.1, -0.05) is 24.9 Å². The molecule has 3 aromatic rings. The van der Waals surface area contributed by atoms with Crippen molar-refractivity contribution >= 4 is 49.8 Å². The van der Waals surface area contributed by atoms with Gasteiger partial charge in [-0.25, -0.2) is 8.42 Å². The molecule has 0 spiro atoms. The minimum atomic E-state index is -3.54. The lowest BCUT2D eigenvalue weighted by atomic mass is 10.1. The molecule has 1 aliphatic rings. The second kappa shape index (κ2) is 9.28. The van der Waals surface area contributed by atoms with E-state index in [0.29, 0.717) is 23.8 Å². The van der Waals surface area contributed by atoms with Crippen molar-refractivity contribution in [2.24, 2.45) is 0 Å². The average Bonchev–Trinajstić information content (AvgIpc) is 3.34. The Labute approximate surface area is 191 Å². The number of fused-ring (bicyclic) bond motifs is 1. The Hall–Kier alpha value is -1.94. The number of halogens is 1. The highest BCUT2D eigenvalue weighted by Crippen LogP contribution is 2.25. The van der Waals surface area contributed by atoms with Crippen LogP contribution < -0.4 is 0 Å². The summed E-state index contributed by atoms with van der Waals surface area (Å²) in [4.78, 5) is 23.2. The van der Waals surface area contributed by atoms with Crippen molar-refractivity contribution < 1.29 is 13.2 Å². The highest BCUT2D eigenvalue weighted by molar-refractivity contribution is 7.89. The number of hydrogen-bond acceptors (Lipinski definition) is 5. The number of thiophene rings is 1. The molecule has 0 saturated carbocycles. The number of sulfonamides is 1. The lowest BCUT2D eigenvalue weighted by Gasteiger charge is -2.40. The molecule has 1 N–H and O–H groups in total. The van der Waals surface area contributed by atoms with Gasteiger partial charge in [0.2, 0.25) is 15.9 Å². The first kappa shape index (κ1) is 22.3. The van der Waals surface area contributed by atoms with Gasteiger partial charge in [-0.15, -0.1) is 11.3 Å². The van der Waals surface area contributed by atoms with Crippen LogP contribution in [0.2, 0.25) is 4.34 Å². The first-order valence-corrected chi connectivity index (χ1v) is 13.1. The summed E-state index contributed by atoms with van der Waals surface area (Å²) in [6.07, 6.45) is 5.52. The van der Waals surface area contributed by atoms with Crippen LogP contribution in [0.15, 0.2) is 36.7 Å². The third-order valence-corrected chi connectivity index (χ3v) is 8.63. The van der Waals surface area contributed by atoms with Crippen molar-refractivity contribution in [2.45, 2.75) is 38.8 Å². The summed E-state index contributed by atoms with van der Waals surface area (Å²) in [6.45, 7) is 2.69. The van der Waals surface area contributed by atoms with Crippen LogP contribution in [0.25, 0.3) is 10.9 Å². The fraction of sp³-hybridized carbons (Fsp3) is 0.429. The molecule has 4 heterocycles. The molecular weight excluding hydrogens is 456 g/mol. The van der Waals surface area contributed by atoms with E-state index >= 15 is 0 Å². The van der Waals surface area contributed by atoms with Crippen molar-refractivity contribution in [3.8, 4) is 0 Å². The first-order valence-electron chi connectivity index (χ1n) is 10.3. The largest absolute Gasteiger partial charge is 0.357 e. The number of nitrogens with zero attached hydrogens (tertiary/aromatic N) is 3. The zero-order chi connectivity index (χ0) is 22.0. The summed E-state index contributed by atoms with van der Waals surface area (Å²) in [5.41, 5.74) is 1.89. The summed E-state index contributed by atoms with van der Waals surface area (Å²) >= 11 is 7.33. The Kier molecular flexibility index (Phi) is 6.66. The van der Waals surface area contributed by atoms with Crippen molar-refractivity contribution in [2.75, 3.05) is 18.8 Å². The van der Waals surface area contributed by atoms with E-state index in [9.17, 15) is 13.2 Å². The summed E-state index contributed by atoms with van der Waals surface area (Å²) < 4.78 is 27.9. The number of aromatic nitrogens is 2. The van der Waals surface area contributed by atoms with Crippen LogP contribution in [0.3, 0.4) is 0 Å². The summed E-state index contributed by atoms with van der Waals surface area (Å²) in [7, 11) is -3.54. The highest BCUT2D eigenvalue weighted by Gasteiger charge is 2.37. The Morgan fingerprint density at radius 3 is 2.87 bits per heavy atom. The predicted octanol–water partition coefficient (Wildman–Crippen LogP) is 3.66. The smallest absolute Gasteiger partial charge is 0.238 e. The Morgan fingerprint density at radius 1 is 1.32 bits per heavy atom. The molecule has 0 unspecified atom stereocenters. The van der Waals surface area contributed by atoms with E-state index < -0.39 is 10.0 Å². The lowest BCUT2D eigenvalue weighted by Crippen LogP contribution is -2.57. The van der Waals surface area contributed by atoms with Crippen LogP contribution in [-0.2, 0) is 27.8 Å². The van der Waals surface area contributed by atoms with Gasteiger partial charge in [-0.2, -0.15) is 4.31 Å². The maximum absolute atomic E-state index is 13.0. The van der Waals surface area contributed by atoms with Crippen LogP contribution in [0.5, 0.6) is 0 Å². The van der Waals surface area contributed by atoms with E-state index in [0.717, 1.165) is 34.3 Å². The molecule has 1 aliphatic heterocycles. The molecular formula is C21H25ClN4O3S2. The molecule has 1 fully saturated rings. The van der Waals surface area contributed by atoms with E-state index in [2.05, 4.69) is 9.97 Å². The van der Waals surface area contributed by atoms with Crippen molar-refractivity contribution in [1.82, 2.24) is 19.2 Å². The second-order valence-electron chi connectivity index (χ2n) is 7.79. The van der Waals surface area contributed by atoms with E-state index in [4.69, 9.17) is 11.6 Å². The van der Waals surface area contributed by atoms with Crippen LogP contribution >= 0.6 is 22.9 Å². The van der Waals surface area contributed by atoms with Crippen LogP contribution in [-0.4, -0.2) is 58.4 Å². The number of aromatic amines is 1. The number of carbonyl (C=O) groups is 1. The quantitative estimate of drug-likeness (QED) is 0.533. The summed E-state index contributed by atoms with van der Waals surface area (Å²) in [5.74, 6) is -0.186. The van der Waals surface area contributed by atoms with Gasteiger partial charge in [0.25, 0.3) is 0 Å². The van der Waals surface area contributed by atoms with E-state index in [1.54, 1.807) is 18.5 Å². The number of H-pyrrole nitrogens is 1. The van der Waals surface area contributed by atoms with Gasteiger partial charge in [0.05, 0.1) is 23.2 Å². The Balaban J connectivity index is 1.47. The molecule has 3 aromatic heterocycles. The number of pyridine rings is 1. The summed E-state index contributed by atoms with van der Waals surface area (Å²) in [5, 5.41) is 0.992. The van der Waals surface area contributed by atoms with Gasteiger partial charge in [0.1, 0.15) is 0 Å². The number of aryl methyl sites for hydroxylation is 1. The van der Waals surface area contributed by atoms with Gasteiger partial charge in [-0.05, 0) is 37.1 Å². The van der Waals surface area contributed by atoms with Gasteiger partial charge in [0.15, 0.2) is 0 Å². The number of rotatable bonds is 8. The molecule has 31 heavy (non-hydrogen) atoms. The number of hydrogen-bond donors (Lipinski definition) is 1. The minimum absolute atomic E-state index is 0.0228. The van der Waals surface area contributed by atoms with Gasteiger partial charge >= 0.3 is 0 Å². The van der Waals surface area contributed by atoms with E-state index in [-0.39, 0.29) is 24.2 Å². The molecule has 10 heteroatoms. The standard InChI is InChI=1S/C21H25ClN4O3S2/c1-2-3-17-13-25(31(28,29)9-7-18-4-5-20(22)30-18)14-21(27)26(17)12-16-10-15-11-23-8-6-19(15)24-16/h4-6,8,10-11,17,24H,2-3,7,9,12-14H2,1H3/t17-/m0/s1. The maximum Gasteiger partial charge on any atom is 0.238 e. The number of carbonyl (C=O) groups excluding carboxylic acids is 1. The van der Waals surface area contributed by atoms with Crippen molar-refractivity contribution in [1.29, 1.82) is 0 Å². The molecule has 0 radical (unpaired) electrons. The number of amides is 1. The predicted molar refractivity (Wildman–Crippen MR) is 124 cm³/mol. The topological polar surface area (TPSA) is 86.4 Å². The minimum Gasteiger partial charge on any atom is -0.357 e.